The van der Waals surface area contributed by atoms with Gasteiger partial charge in [-0.15, -0.1) is 0 Å². The summed E-state index contributed by atoms with van der Waals surface area (Å²) in [6.45, 7) is 5.39. The molecule has 0 radical (unpaired) electrons. The van der Waals surface area contributed by atoms with Crippen LogP contribution in [0.2, 0.25) is 0 Å². The number of aliphatic hydroxyl groups is 1. The van der Waals surface area contributed by atoms with Crippen molar-refractivity contribution in [2.45, 2.75) is 6.92 Å². The van der Waals surface area contributed by atoms with Gasteiger partial charge in [-0.1, -0.05) is 18.7 Å². The molecule has 0 aliphatic carbocycles. The molecule has 1 rings (SSSR count). The van der Waals surface area contributed by atoms with Gasteiger partial charge in [0.25, 0.3) is 0 Å². The van der Waals surface area contributed by atoms with Crippen molar-refractivity contribution in [3.63, 3.8) is 0 Å². The van der Waals surface area contributed by atoms with E-state index in [9.17, 15) is 5.11 Å². The molecule has 1 heterocycles. The third kappa shape index (κ3) is 1.72. The fourth-order valence-electron chi connectivity index (χ4n) is 0.944. The summed E-state index contributed by atoms with van der Waals surface area (Å²) in [6.07, 6.45) is 4.70. The van der Waals surface area contributed by atoms with Crippen LogP contribution in [0.1, 0.15) is 11.3 Å². The van der Waals surface area contributed by atoms with Crippen LogP contribution in [-0.4, -0.2) is 10.1 Å². The number of aromatic nitrogens is 1. The first-order valence-corrected chi connectivity index (χ1v) is 3.69. The van der Waals surface area contributed by atoms with Crippen LogP contribution in [0.25, 0.3) is 5.76 Å². The second-order valence-corrected chi connectivity index (χ2v) is 2.46. The lowest BCUT2D eigenvalue weighted by Crippen LogP contribution is -1.90. The molecule has 12 heavy (non-hydrogen) atoms. The summed E-state index contributed by atoms with van der Waals surface area (Å²) in [5, 5.41) is 9.43. The van der Waals surface area contributed by atoms with Crippen molar-refractivity contribution in [2.24, 2.45) is 0 Å². The third-order valence-electron chi connectivity index (χ3n) is 1.53. The van der Waals surface area contributed by atoms with Crippen molar-refractivity contribution in [2.75, 3.05) is 0 Å². The van der Waals surface area contributed by atoms with Gasteiger partial charge in [-0.25, -0.2) is 0 Å². The van der Waals surface area contributed by atoms with Gasteiger partial charge in [0, 0.05) is 6.20 Å². The van der Waals surface area contributed by atoms with E-state index in [4.69, 9.17) is 0 Å². The molecule has 0 bridgehead atoms. The number of aliphatic hydroxyl groups excluding tert-OH is 1. The predicted octanol–water partition coefficient (Wildman–Crippen LogP) is 2.47. The Labute approximate surface area is 71.9 Å². The molecule has 0 aromatic carbocycles. The molecule has 0 amide bonds. The first kappa shape index (κ1) is 8.53. The van der Waals surface area contributed by atoms with E-state index in [1.165, 1.54) is 12.2 Å². The highest BCUT2D eigenvalue weighted by atomic mass is 16.3. The van der Waals surface area contributed by atoms with E-state index in [-0.39, 0.29) is 5.76 Å². The second kappa shape index (κ2) is 3.72. The topological polar surface area (TPSA) is 33.1 Å². The van der Waals surface area contributed by atoms with Crippen molar-refractivity contribution >= 4 is 5.76 Å². The minimum atomic E-state index is 0.156. The first-order chi connectivity index (χ1) is 5.75. The molecule has 62 valence electrons. The van der Waals surface area contributed by atoms with Gasteiger partial charge in [0.2, 0.25) is 0 Å². The fraction of sp³-hybridized carbons (Fsp3) is 0.100. The summed E-state index contributed by atoms with van der Waals surface area (Å²) in [7, 11) is 0. The van der Waals surface area contributed by atoms with E-state index in [0.29, 0.717) is 5.69 Å². The summed E-state index contributed by atoms with van der Waals surface area (Å²) in [5.41, 5.74) is 1.56. The van der Waals surface area contributed by atoms with Gasteiger partial charge in [-0.05, 0) is 24.6 Å². The highest BCUT2D eigenvalue weighted by molar-refractivity contribution is 5.59. The normalized spacial score (nSPS) is 11.2. The maximum absolute atomic E-state index is 9.43. The average molecular weight is 161 g/mol. The van der Waals surface area contributed by atoms with Gasteiger partial charge in [0.05, 0.1) is 0 Å². The number of hydrogen-bond donors (Lipinski definition) is 1. The molecule has 0 fully saturated rings. The SMILES string of the molecule is C=C/C=C(/O)c1ncccc1C. The summed E-state index contributed by atoms with van der Waals surface area (Å²) in [6, 6.07) is 3.73. The smallest absolute Gasteiger partial charge is 0.141 e. The van der Waals surface area contributed by atoms with Crippen molar-refractivity contribution < 1.29 is 5.11 Å². The fourth-order valence-corrected chi connectivity index (χ4v) is 0.944. The van der Waals surface area contributed by atoms with Crippen molar-refractivity contribution in [3.05, 3.63) is 48.3 Å². The van der Waals surface area contributed by atoms with Crippen molar-refractivity contribution in [1.29, 1.82) is 0 Å². The number of pyridine rings is 1. The van der Waals surface area contributed by atoms with E-state index in [1.807, 2.05) is 19.1 Å². The zero-order valence-corrected chi connectivity index (χ0v) is 6.99. The van der Waals surface area contributed by atoms with E-state index in [2.05, 4.69) is 11.6 Å². The summed E-state index contributed by atoms with van der Waals surface area (Å²) in [5.74, 6) is 0.156. The molecule has 1 aromatic rings. The lowest BCUT2D eigenvalue weighted by atomic mass is 10.2. The van der Waals surface area contributed by atoms with Crippen LogP contribution in [-0.2, 0) is 0 Å². The molecule has 1 aromatic heterocycles. The molecule has 0 atom stereocenters. The van der Waals surface area contributed by atoms with Gasteiger partial charge in [0.1, 0.15) is 11.5 Å². The van der Waals surface area contributed by atoms with E-state index >= 15 is 0 Å². The lowest BCUT2D eigenvalue weighted by molar-refractivity contribution is 0.508. The summed E-state index contributed by atoms with van der Waals surface area (Å²) < 4.78 is 0. The maximum atomic E-state index is 9.43. The van der Waals surface area contributed by atoms with Crippen LogP contribution in [0, 0.1) is 6.92 Å². The number of nitrogens with zero attached hydrogens (tertiary/aromatic N) is 1. The molecule has 0 spiro atoms. The minimum Gasteiger partial charge on any atom is -0.506 e. The Hall–Kier alpha value is -1.57. The summed E-state index contributed by atoms with van der Waals surface area (Å²) in [4.78, 5) is 4.03. The predicted molar refractivity (Wildman–Crippen MR) is 49.8 cm³/mol. The molecule has 1 N–H and O–H groups in total. The Balaban J connectivity index is 3.10. The number of hydrogen-bond acceptors (Lipinski definition) is 2. The van der Waals surface area contributed by atoms with Crippen LogP contribution < -0.4 is 0 Å². The molecule has 2 heteroatoms. The molecule has 0 saturated carbocycles. The van der Waals surface area contributed by atoms with Gasteiger partial charge in [0.15, 0.2) is 0 Å². The van der Waals surface area contributed by atoms with Crippen LogP contribution in [0.5, 0.6) is 0 Å². The average Bonchev–Trinajstić information content (AvgIpc) is 2.05. The third-order valence-corrected chi connectivity index (χ3v) is 1.53. The summed E-state index contributed by atoms with van der Waals surface area (Å²) >= 11 is 0. The largest absolute Gasteiger partial charge is 0.506 e. The molecule has 0 aliphatic heterocycles. The lowest BCUT2D eigenvalue weighted by Gasteiger charge is -2.01. The van der Waals surface area contributed by atoms with Crippen LogP contribution in [0.4, 0.5) is 0 Å². The van der Waals surface area contributed by atoms with Gasteiger partial charge < -0.3 is 5.11 Å². The highest BCUT2D eigenvalue weighted by Crippen LogP contribution is 2.12. The van der Waals surface area contributed by atoms with Crippen LogP contribution in [0.3, 0.4) is 0 Å². The Morgan fingerprint density at radius 2 is 2.42 bits per heavy atom. The number of rotatable bonds is 2. The number of aryl methyl sites for hydroxylation is 1. The Morgan fingerprint density at radius 3 is 3.00 bits per heavy atom. The monoisotopic (exact) mass is 161 g/mol. The van der Waals surface area contributed by atoms with Gasteiger partial charge in [-0.3, -0.25) is 4.98 Å². The Kier molecular flexibility index (Phi) is 2.64. The molecule has 2 nitrogen and oxygen atoms in total. The molecule has 0 aliphatic rings. The maximum Gasteiger partial charge on any atom is 0.141 e. The van der Waals surface area contributed by atoms with E-state index in [1.54, 1.807) is 6.20 Å². The van der Waals surface area contributed by atoms with Gasteiger partial charge >= 0.3 is 0 Å². The number of allylic oxidation sites excluding steroid dienone is 2. The van der Waals surface area contributed by atoms with Crippen molar-refractivity contribution in [3.8, 4) is 0 Å². The van der Waals surface area contributed by atoms with Crippen LogP contribution in [0.15, 0.2) is 37.1 Å². The second-order valence-electron chi connectivity index (χ2n) is 2.46. The minimum absolute atomic E-state index is 0.156. The Bertz CT molecular complexity index is 315. The molecule has 0 unspecified atom stereocenters. The van der Waals surface area contributed by atoms with E-state index in [0.717, 1.165) is 5.56 Å². The van der Waals surface area contributed by atoms with Crippen molar-refractivity contribution in [1.82, 2.24) is 4.98 Å². The highest BCUT2D eigenvalue weighted by Gasteiger charge is 2.01. The molecule has 0 saturated heterocycles. The quantitative estimate of drug-likeness (QED) is 0.534. The first-order valence-electron chi connectivity index (χ1n) is 3.69. The van der Waals surface area contributed by atoms with Gasteiger partial charge in [-0.2, -0.15) is 0 Å². The standard InChI is InChI=1S/C10H11NO/c1-3-5-9(12)10-8(2)6-4-7-11-10/h3-7,12H,1H2,2H3/b9-5+. The van der Waals surface area contributed by atoms with Crippen LogP contribution >= 0.6 is 0 Å². The zero-order chi connectivity index (χ0) is 8.97. The Morgan fingerprint density at radius 1 is 1.67 bits per heavy atom. The molecular weight excluding hydrogens is 150 g/mol. The zero-order valence-electron chi connectivity index (χ0n) is 6.99. The van der Waals surface area contributed by atoms with E-state index < -0.39 is 0 Å². The molecular formula is C10H11NO.